The van der Waals surface area contributed by atoms with Gasteiger partial charge in [-0.15, -0.1) is 12.6 Å². The predicted molar refractivity (Wildman–Crippen MR) is 39.2 cm³/mol. The highest BCUT2D eigenvalue weighted by Gasteiger charge is 1.87. The van der Waals surface area contributed by atoms with Crippen molar-refractivity contribution in [1.82, 2.24) is 9.55 Å². The maximum Gasteiger partial charge on any atom is 0.142 e. The molecule has 0 bridgehead atoms. The molecule has 0 N–H and O–H groups in total. The number of hydrogen-bond donors (Lipinski definition) is 1. The zero-order valence-electron chi connectivity index (χ0n) is 3.98. The monoisotopic (exact) mass is 144 g/mol. The minimum atomic E-state index is 0.516. The van der Waals surface area contributed by atoms with Crippen molar-refractivity contribution in [2.75, 3.05) is 0 Å². The van der Waals surface area contributed by atoms with E-state index in [1.165, 1.54) is 0 Å². The highest BCUT2D eigenvalue weighted by molar-refractivity contribution is 8.11. The lowest BCUT2D eigenvalue weighted by Gasteiger charge is -1.90. The fourth-order valence-corrected chi connectivity index (χ4v) is 0.599. The zero-order chi connectivity index (χ0) is 5.98. The first kappa shape index (κ1) is 5.78. The lowest BCUT2D eigenvalue weighted by molar-refractivity contribution is 1.18. The zero-order valence-corrected chi connectivity index (χ0v) is 5.69. The first-order valence-electron chi connectivity index (χ1n) is 2.02. The van der Waals surface area contributed by atoms with Crippen LogP contribution in [-0.4, -0.2) is 13.9 Å². The van der Waals surface area contributed by atoms with Crippen LogP contribution >= 0.6 is 24.8 Å². The fourth-order valence-electron chi connectivity index (χ4n) is 0.372. The van der Waals surface area contributed by atoms with Gasteiger partial charge in [-0.05, 0) is 0 Å². The molecule has 0 saturated heterocycles. The Bertz CT molecular complexity index is 180. The molecule has 0 aromatic carbocycles. The molecule has 0 unspecified atom stereocenters. The lowest BCUT2D eigenvalue weighted by Crippen LogP contribution is -1.95. The van der Waals surface area contributed by atoms with Gasteiger partial charge in [-0.2, -0.15) is 0 Å². The lowest BCUT2D eigenvalue weighted by atomic mass is 10.9. The van der Waals surface area contributed by atoms with E-state index in [-0.39, 0.29) is 0 Å². The third-order valence-electron chi connectivity index (χ3n) is 0.725. The van der Waals surface area contributed by atoms with Crippen molar-refractivity contribution in [3.63, 3.8) is 0 Å². The molecule has 1 aromatic heterocycles. The van der Waals surface area contributed by atoms with Gasteiger partial charge in [-0.1, -0.05) is 12.2 Å². The smallest absolute Gasteiger partial charge is 0.142 e. The second-order valence-corrected chi connectivity index (χ2v) is 2.37. The molecule has 0 aliphatic carbocycles. The molecule has 0 spiro atoms. The molecular formula is C4H4N2S2. The van der Waals surface area contributed by atoms with Crippen molar-refractivity contribution in [1.29, 1.82) is 0 Å². The molecule has 1 aromatic rings. The van der Waals surface area contributed by atoms with E-state index >= 15 is 0 Å². The first-order chi connectivity index (χ1) is 3.80. The third-order valence-corrected chi connectivity index (χ3v) is 1.17. The van der Waals surface area contributed by atoms with Crippen LogP contribution in [0.2, 0.25) is 0 Å². The van der Waals surface area contributed by atoms with Crippen LogP contribution in [0.25, 0.3) is 0 Å². The summed E-state index contributed by atoms with van der Waals surface area (Å²) in [5, 5.41) is 0. The van der Waals surface area contributed by atoms with Gasteiger partial charge in [0.2, 0.25) is 0 Å². The summed E-state index contributed by atoms with van der Waals surface area (Å²) in [6, 6.07) is 0. The number of hydrogen-bond acceptors (Lipinski definition) is 2. The number of rotatable bonds is 0. The Labute approximate surface area is 57.9 Å². The Morgan fingerprint density at radius 2 is 2.50 bits per heavy atom. The van der Waals surface area contributed by atoms with Gasteiger partial charge in [0.15, 0.2) is 0 Å². The number of thiol groups is 1. The molecule has 0 fully saturated rings. The number of aromatic nitrogens is 2. The molecule has 0 amide bonds. The first-order valence-corrected chi connectivity index (χ1v) is 2.87. The second kappa shape index (κ2) is 2.28. The molecule has 0 saturated carbocycles. The van der Waals surface area contributed by atoms with Crippen LogP contribution in [0.4, 0.5) is 0 Å². The van der Waals surface area contributed by atoms with E-state index in [0.717, 1.165) is 0 Å². The van der Waals surface area contributed by atoms with Crippen molar-refractivity contribution >= 4 is 29.2 Å². The Hall–Kier alpha value is -0.350. The summed E-state index contributed by atoms with van der Waals surface area (Å²) < 4.78 is 2.17. The number of nitrogens with zero attached hydrogens (tertiary/aromatic N) is 2. The van der Waals surface area contributed by atoms with Crippen molar-refractivity contribution in [3.8, 4) is 0 Å². The highest BCUT2D eigenvalue weighted by atomic mass is 32.1. The molecule has 0 aliphatic heterocycles. The van der Waals surface area contributed by atoms with E-state index < -0.39 is 0 Å². The third kappa shape index (κ3) is 1.08. The molecule has 42 valence electrons. The standard InChI is InChI=1S/C4H4N2S2/c7-4(8)6-2-1-5-3-6/h1-3H,(H,7,8). The molecule has 8 heavy (non-hydrogen) atoms. The van der Waals surface area contributed by atoms with Crippen molar-refractivity contribution in [2.24, 2.45) is 0 Å². The summed E-state index contributed by atoms with van der Waals surface area (Å²) >= 11 is 8.61. The number of imidazole rings is 1. The van der Waals surface area contributed by atoms with Gasteiger partial charge in [0, 0.05) is 12.4 Å². The summed E-state index contributed by atoms with van der Waals surface area (Å²) in [7, 11) is 0. The maximum absolute atomic E-state index is 4.70. The topological polar surface area (TPSA) is 17.8 Å². The van der Waals surface area contributed by atoms with E-state index in [0.29, 0.717) is 4.32 Å². The molecular weight excluding hydrogens is 140 g/mol. The normalized spacial score (nSPS) is 9.12. The summed E-state index contributed by atoms with van der Waals surface area (Å²) in [5.74, 6) is 0. The molecule has 1 heterocycles. The molecule has 0 radical (unpaired) electrons. The Balaban J connectivity index is 2.93. The average molecular weight is 144 g/mol. The van der Waals surface area contributed by atoms with E-state index in [2.05, 4.69) is 17.6 Å². The van der Waals surface area contributed by atoms with Crippen LogP contribution in [0.1, 0.15) is 0 Å². The number of thiocarbonyl (C=S) groups is 1. The Morgan fingerprint density at radius 3 is 2.75 bits per heavy atom. The molecule has 0 aliphatic rings. The minimum Gasteiger partial charge on any atom is -0.292 e. The van der Waals surface area contributed by atoms with E-state index in [4.69, 9.17) is 12.2 Å². The van der Waals surface area contributed by atoms with Gasteiger partial charge >= 0.3 is 0 Å². The minimum absolute atomic E-state index is 0.516. The van der Waals surface area contributed by atoms with Gasteiger partial charge in [-0.25, -0.2) is 4.98 Å². The van der Waals surface area contributed by atoms with Crippen LogP contribution in [-0.2, 0) is 0 Å². The Morgan fingerprint density at radius 1 is 1.75 bits per heavy atom. The predicted octanol–water partition coefficient (Wildman–Crippen LogP) is 0.946. The summed E-state index contributed by atoms with van der Waals surface area (Å²) in [6.45, 7) is 0. The quantitative estimate of drug-likeness (QED) is 0.431. The summed E-state index contributed by atoms with van der Waals surface area (Å²) in [6.07, 6.45) is 5.01. The van der Waals surface area contributed by atoms with Crippen LogP contribution in [0, 0.1) is 0 Å². The van der Waals surface area contributed by atoms with Crippen LogP contribution < -0.4 is 0 Å². The van der Waals surface area contributed by atoms with Crippen molar-refractivity contribution in [2.45, 2.75) is 0 Å². The molecule has 0 atom stereocenters. The van der Waals surface area contributed by atoms with E-state index in [1.807, 2.05) is 0 Å². The Kier molecular flexibility index (Phi) is 1.65. The second-order valence-electron chi connectivity index (χ2n) is 1.25. The van der Waals surface area contributed by atoms with E-state index in [9.17, 15) is 0 Å². The van der Waals surface area contributed by atoms with Gasteiger partial charge < -0.3 is 0 Å². The maximum atomic E-state index is 4.70. The van der Waals surface area contributed by atoms with E-state index in [1.54, 1.807) is 23.3 Å². The van der Waals surface area contributed by atoms with Crippen LogP contribution in [0.5, 0.6) is 0 Å². The van der Waals surface area contributed by atoms with Crippen LogP contribution in [0.15, 0.2) is 18.7 Å². The summed E-state index contributed by atoms with van der Waals surface area (Å²) in [4.78, 5) is 3.77. The van der Waals surface area contributed by atoms with Gasteiger partial charge in [0.05, 0.1) is 0 Å². The molecule has 2 nitrogen and oxygen atoms in total. The largest absolute Gasteiger partial charge is 0.292 e. The average Bonchev–Trinajstić information content (AvgIpc) is 2.12. The van der Waals surface area contributed by atoms with Gasteiger partial charge in [0.25, 0.3) is 0 Å². The molecule has 4 heteroatoms. The highest BCUT2D eigenvalue weighted by Crippen LogP contribution is 1.89. The van der Waals surface area contributed by atoms with Gasteiger partial charge in [-0.3, -0.25) is 4.57 Å². The SMILES string of the molecule is S=C(S)n1ccnc1. The van der Waals surface area contributed by atoms with Crippen molar-refractivity contribution < 1.29 is 0 Å². The van der Waals surface area contributed by atoms with Crippen LogP contribution in [0.3, 0.4) is 0 Å². The molecule has 1 rings (SSSR count). The fraction of sp³-hybridized carbons (Fsp3) is 0. The van der Waals surface area contributed by atoms with Gasteiger partial charge in [0.1, 0.15) is 10.6 Å². The van der Waals surface area contributed by atoms with Crippen molar-refractivity contribution in [3.05, 3.63) is 18.7 Å². The summed E-state index contributed by atoms with van der Waals surface area (Å²) in [5.41, 5.74) is 0.